The minimum Gasteiger partial charge on any atom is -0.347 e. The van der Waals surface area contributed by atoms with Crippen molar-refractivity contribution in [1.29, 1.82) is 0 Å². The molecule has 3 rings (SSSR count). The minimum atomic E-state index is -1.01. The summed E-state index contributed by atoms with van der Waals surface area (Å²) in [6.07, 6.45) is 4.45. The van der Waals surface area contributed by atoms with Crippen LogP contribution in [0, 0.1) is 6.92 Å². The molecule has 7 amide bonds. The second-order valence-corrected chi connectivity index (χ2v) is 10.5. The highest BCUT2D eigenvalue weighted by molar-refractivity contribution is 6.12. The van der Waals surface area contributed by atoms with Crippen LogP contribution in [0.4, 0.5) is 5.69 Å². The van der Waals surface area contributed by atoms with Crippen LogP contribution < -0.4 is 26.6 Å². The van der Waals surface area contributed by atoms with Crippen molar-refractivity contribution < 1.29 is 33.6 Å². The topological polar surface area (TPSA) is 183 Å². The molecule has 1 aliphatic heterocycles. The monoisotopic (exact) mass is 618 g/mol. The summed E-state index contributed by atoms with van der Waals surface area (Å²) in [5.74, 6) is -3.25. The third-order valence-electron chi connectivity index (χ3n) is 6.77. The van der Waals surface area contributed by atoms with E-state index in [2.05, 4.69) is 26.6 Å². The molecule has 0 aromatic heterocycles. The van der Waals surface area contributed by atoms with Gasteiger partial charge in [-0.25, -0.2) is 0 Å². The highest BCUT2D eigenvalue weighted by Crippen LogP contribution is 2.09. The molecule has 2 aromatic rings. The first kappa shape index (κ1) is 34.2. The summed E-state index contributed by atoms with van der Waals surface area (Å²) in [6, 6.07) is 15.2. The Labute approximate surface area is 261 Å². The number of hydrogen-bond donors (Lipinski definition) is 5. The van der Waals surface area contributed by atoms with E-state index < -0.39 is 36.2 Å². The van der Waals surface area contributed by atoms with E-state index in [4.69, 9.17) is 0 Å². The highest BCUT2D eigenvalue weighted by atomic mass is 16.2. The summed E-state index contributed by atoms with van der Waals surface area (Å²) in [6.45, 7) is 1.14. The molecular weight excluding hydrogens is 580 g/mol. The van der Waals surface area contributed by atoms with E-state index in [0.29, 0.717) is 24.9 Å². The minimum absolute atomic E-state index is 0.156. The molecule has 0 spiro atoms. The van der Waals surface area contributed by atoms with Crippen LogP contribution in [0.5, 0.6) is 0 Å². The zero-order valence-electron chi connectivity index (χ0n) is 25.1. The van der Waals surface area contributed by atoms with E-state index in [1.54, 1.807) is 36.4 Å². The lowest BCUT2D eigenvalue weighted by Gasteiger charge is -2.19. The van der Waals surface area contributed by atoms with E-state index in [1.165, 1.54) is 12.2 Å². The Kier molecular flexibility index (Phi) is 13.4. The lowest BCUT2D eigenvalue weighted by atomic mass is 10.1. The van der Waals surface area contributed by atoms with Gasteiger partial charge in [0.25, 0.3) is 11.8 Å². The molecule has 13 heteroatoms. The predicted molar refractivity (Wildman–Crippen MR) is 165 cm³/mol. The van der Waals surface area contributed by atoms with Crippen molar-refractivity contribution >= 4 is 47.0 Å². The van der Waals surface area contributed by atoms with Gasteiger partial charge < -0.3 is 26.6 Å². The molecule has 0 radical (unpaired) electrons. The summed E-state index contributed by atoms with van der Waals surface area (Å²) < 4.78 is 0. The number of nitrogens with zero attached hydrogens (tertiary/aromatic N) is 1. The number of unbranched alkanes of at least 4 members (excludes halogenated alkanes) is 2. The molecule has 0 saturated carbocycles. The summed E-state index contributed by atoms with van der Waals surface area (Å²) >= 11 is 0. The van der Waals surface area contributed by atoms with Crippen LogP contribution in [0.25, 0.3) is 0 Å². The molecule has 0 bridgehead atoms. The standard InChI is InChI=1S/C32H38N6O7/c1-22-11-13-24(14-12-22)36-28(41)21-35-32(45)25(18-23-8-4-2-5-9-23)37-29(42)20-34-27(40)19-33-26(39)10-6-3-7-17-38-30(43)15-16-31(38)44/h2,4-5,8-9,11-16,25H,3,6-7,10,17-21H2,1H3,(H,33,39)(H,34,40)(H,35,45)(H,36,41)(H,37,42)/t25-/m0/s1. The Bertz CT molecular complexity index is 1390. The average molecular weight is 619 g/mol. The maximum Gasteiger partial charge on any atom is 0.253 e. The zero-order valence-corrected chi connectivity index (χ0v) is 25.1. The Morgan fingerprint density at radius 1 is 0.689 bits per heavy atom. The Morgan fingerprint density at radius 2 is 1.31 bits per heavy atom. The van der Waals surface area contributed by atoms with Crippen LogP contribution in [-0.4, -0.2) is 78.5 Å². The normalized spacial score (nSPS) is 12.8. The summed E-state index contributed by atoms with van der Waals surface area (Å²) in [5.41, 5.74) is 2.41. The van der Waals surface area contributed by atoms with Gasteiger partial charge in [-0.3, -0.25) is 38.5 Å². The number of rotatable bonds is 17. The number of amides is 7. The lowest BCUT2D eigenvalue weighted by molar-refractivity contribution is -0.137. The van der Waals surface area contributed by atoms with Gasteiger partial charge in [0, 0.05) is 37.2 Å². The average Bonchev–Trinajstić information content (AvgIpc) is 3.35. The Hall–Kier alpha value is -5.33. The number of carbonyl (C=O) groups is 7. The molecule has 0 fully saturated rings. The van der Waals surface area contributed by atoms with E-state index in [-0.39, 0.29) is 50.2 Å². The Balaban J connectivity index is 1.36. The van der Waals surface area contributed by atoms with Crippen molar-refractivity contribution in [2.45, 2.75) is 45.1 Å². The molecule has 1 aliphatic rings. The van der Waals surface area contributed by atoms with Crippen LogP contribution in [0.15, 0.2) is 66.7 Å². The van der Waals surface area contributed by atoms with Crippen molar-refractivity contribution in [2.24, 2.45) is 0 Å². The maximum absolute atomic E-state index is 12.9. The zero-order chi connectivity index (χ0) is 32.6. The van der Waals surface area contributed by atoms with E-state index in [9.17, 15) is 33.6 Å². The number of nitrogens with one attached hydrogen (secondary N) is 5. The van der Waals surface area contributed by atoms with Crippen LogP contribution >= 0.6 is 0 Å². The SMILES string of the molecule is Cc1ccc(NC(=O)CNC(=O)[C@H](Cc2ccccc2)NC(=O)CNC(=O)CNC(=O)CCCCCN2C(=O)C=CC2=O)cc1. The maximum atomic E-state index is 12.9. The largest absolute Gasteiger partial charge is 0.347 e. The van der Waals surface area contributed by atoms with Crippen molar-refractivity contribution in [1.82, 2.24) is 26.2 Å². The summed E-state index contributed by atoms with van der Waals surface area (Å²) in [7, 11) is 0. The van der Waals surface area contributed by atoms with Crippen LogP contribution in [0.3, 0.4) is 0 Å². The molecule has 13 nitrogen and oxygen atoms in total. The summed E-state index contributed by atoms with van der Waals surface area (Å²) in [5, 5.41) is 12.7. The molecule has 5 N–H and O–H groups in total. The first-order valence-electron chi connectivity index (χ1n) is 14.6. The van der Waals surface area contributed by atoms with Crippen molar-refractivity contribution in [3.8, 4) is 0 Å². The van der Waals surface area contributed by atoms with Gasteiger partial charge in [-0.15, -0.1) is 0 Å². The highest BCUT2D eigenvalue weighted by Gasteiger charge is 2.23. The Morgan fingerprint density at radius 3 is 2.00 bits per heavy atom. The number of imide groups is 1. The molecule has 0 saturated heterocycles. The lowest BCUT2D eigenvalue weighted by Crippen LogP contribution is -2.52. The van der Waals surface area contributed by atoms with Crippen LogP contribution in [0.1, 0.15) is 36.8 Å². The number of anilines is 1. The van der Waals surface area contributed by atoms with E-state index in [0.717, 1.165) is 16.0 Å². The van der Waals surface area contributed by atoms with Gasteiger partial charge in [0.05, 0.1) is 19.6 Å². The number of aryl methyl sites for hydroxylation is 1. The van der Waals surface area contributed by atoms with Crippen molar-refractivity contribution in [3.05, 3.63) is 77.9 Å². The second-order valence-electron chi connectivity index (χ2n) is 10.5. The van der Waals surface area contributed by atoms with Gasteiger partial charge in [0.2, 0.25) is 29.5 Å². The molecule has 1 heterocycles. The third kappa shape index (κ3) is 12.4. The predicted octanol–water partition coefficient (Wildman–Crippen LogP) is 0.495. The smallest absolute Gasteiger partial charge is 0.253 e. The molecule has 2 aromatic carbocycles. The van der Waals surface area contributed by atoms with Gasteiger partial charge in [0.15, 0.2) is 0 Å². The van der Waals surface area contributed by atoms with Crippen LogP contribution in [0.2, 0.25) is 0 Å². The van der Waals surface area contributed by atoms with E-state index >= 15 is 0 Å². The van der Waals surface area contributed by atoms with Gasteiger partial charge in [0.1, 0.15) is 6.04 Å². The molecule has 1 atom stereocenters. The third-order valence-corrected chi connectivity index (χ3v) is 6.77. The number of hydrogen-bond acceptors (Lipinski definition) is 7. The molecule has 45 heavy (non-hydrogen) atoms. The fraction of sp³-hybridized carbons (Fsp3) is 0.344. The second kappa shape index (κ2) is 17.7. The quantitative estimate of drug-likeness (QED) is 0.126. The van der Waals surface area contributed by atoms with Gasteiger partial charge in [-0.05, 0) is 37.5 Å². The molecule has 0 aliphatic carbocycles. The van der Waals surface area contributed by atoms with Crippen molar-refractivity contribution in [2.75, 3.05) is 31.5 Å². The fourth-order valence-electron chi connectivity index (χ4n) is 4.33. The van der Waals surface area contributed by atoms with Crippen LogP contribution in [-0.2, 0) is 40.0 Å². The number of carbonyl (C=O) groups excluding carboxylic acids is 7. The van der Waals surface area contributed by atoms with Crippen molar-refractivity contribution in [3.63, 3.8) is 0 Å². The number of benzene rings is 2. The molecular formula is C32H38N6O7. The fourth-order valence-corrected chi connectivity index (χ4v) is 4.33. The summed E-state index contributed by atoms with van der Waals surface area (Å²) in [4.78, 5) is 86.3. The van der Waals surface area contributed by atoms with Gasteiger partial charge in [-0.2, -0.15) is 0 Å². The van der Waals surface area contributed by atoms with Gasteiger partial charge in [-0.1, -0.05) is 54.4 Å². The first-order chi connectivity index (χ1) is 21.6. The van der Waals surface area contributed by atoms with E-state index in [1.807, 2.05) is 25.1 Å². The molecule has 238 valence electrons. The van der Waals surface area contributed by atoms with Gasteiger partial charge >= 0.3 is 0 Å². The molecule has 0 unspecified atom stereocenters. The first-order valence-corrected chi connectivity index (χ1v) is 14.6.